The molecule has 0 amide bonds. The van der Waals surface area contributed by atoms with Crippen molar-refractivity contribution in [3.05, 3.63) is 69.8 Å². The number of aryl methyl sites for hydroxylation is 2. The molecule has 3 aromatic heterocycles. The third-order valence-electron chi connectivity index (χ3n) is 5.03. The number of hydrogen-bond acceptors (Lipinski definition) is 9. The topological polar surface area (TPSA) is 143 Å². The van der Waals surface area contributed by atoms with E-state index in [1.807, 2.05) is 54.6 Å². The summed E-state index contributed by atoms with van der Waals surface area (Å²) in [5.41, 5.74) is 14.8. The van der Waals surface area contributed by atoms with Gasteiger partial charge in [-0.2, -0.15) is 15.0 Å². The van der Waals surface area contributed by atoms with Crippen LogP contribution >= 0.6 is 11.8 Å². The second kappa shape index (κ2) is 7.61. The summed E-state index contributed by atoms with van der Waals surface area (Å²) in [7, 11) is 0. The van der Waals surface area contributed by atoms with Gasteiger partial charge >= 0.3 is 0 Å². The largest absolute Gasteiger partial charge is 0.368 e. The predicted octanol–water partition coefficient (Wildman–Crippen LogP) is 2.29. The molecule has 3 heterocycles. The van der Waals surface area contributed by atoms with E-state index in [0.29, 0.717) is 27.9 Å². The minimum absolute atomic E-state index is 0.0633. The lowest BCUT2D eigenvalue weighted by Gasteiger charge is -2.13. The molecule has 0 unspecified atom stereocenters. The first-order chi connectivity index (χ1) is 15.4. The first-order valence-corrected chi connectivity index (χ1v) is 10.8. The molecule has 5 aromatic rings. The van der Waals surface area contributed by atoms with E-state index in [1.165, 1.54) is 11.8 Å². The Morgan fingerprint density at radius 3 is 2.47 bits per heavy atom. The van der Waals surface area contributed by atoms with Gasteiger partial charge in [-0.1, -0.05) is 41.6 Å². The molecular formula is C21H19N9OS. The average molecular weight is 446 g/mol. The summed E-state index contributed by atoms with van der Waals surface area (Å²) in [6, 6.07) is 13.3. The van der Waals surface area contributed by atoms with Gasteiger partial charge in [0.1, 0.15) is 5.82 Å². The van der Waals surface area contributed by atoms with E-state index >= 15 is 0 Å². The summed E-state index contributed by atoms with van der Waals surface area (Å²) in [5.74, 6) is 1.35. The van der Waals surface area contributed by atoms with Crippen LogP contribution in [0.4, 0.5) is 11.9 Å². The number of nitrogen functional groups attached to an aromatic ring is 2. The molecule has 4 N–H and O–H groups in total. The lowest BCUT2D eigenvalue weighted by atomic mass is 10.1. The molecule has 0 atom stereocenters. The van der Waals surface area contributed by atoms with Crippen molar-refractivity contribution in [1.82, 2.24) is 34.1 Å². The van der Waals surface area contributed by atoms with Crippen molar-refractivity contribution in [1.29, 1.82) is 0 Å². The van der Waals surface area contributed by atoms with Gasteiger partial charge in [0.2, 0.25) is 17.7 Å². The smallest absolute Gasteiger partial charge is 0.267 e. The van der Waals surface area contributed by atoms with Gasteiger partial charge < -0.3 is 11.5 Å². The molecule has 0 fully saturated rings. The van der Waals surface area contributed by atoms with E-state index in [1.54, 1.807) is 10.6 Å². The molecule has 2 aromatic carbocycles. The molecule has 0 aliphatic rings. The first kappa shape index (κ1) is 19.9. The van der Waals surface area contributed by atoms with Crippen LogP contribution in [0, 0.1) is 13.8 Å². The third kappa shape index (κ3) is 3.32. The van der Waals surface area contributed by atoms with Crippen LogP contribution in [0.2, 0.25) is 0 Å². The van der Waals surface area contributed by atoms with Crippen LogP contribution in [0.1, 0.15) is 17.0 Å². The van der Waals surface area contributed by atoms with Gasteiger partial charge in [-0.25, -0.2) is 4.57 Å². The second-order valence-electron chi connectivity index (χ2n) is 7.32. The van der Waals surface area contributed by atoms with E-state index in [4.69, 9.17) is 11.5 Å². The molecule has 11 heteroatoms. The van der Waals surface area contributed by atoms with Gasteiger partial charge in [-0.15, -0.1) is 10.2 Å². The summed E-state index contributed by atoms with van der Waals surface area (Å²) in [6.07, 6.45) is 0. The van der Waals surface area contributed by atoms with Crippen LogP contribution in [-0.2, 0) is 5.75 Å². The Balaban J connectivity index is 1.71. The van der Waals surface area contributed by atoms with Gasteiger partial charge in [0.25, 0.3) is 5.56 Å². The maximum Gasteiger partial charge on any atom is 0.267 e. The Kier molecular flexibility index (Phi) is 4.74. The SMILES string of the molecule is Cc1ccc(-n2c(=O)c3ccccc3n3c(SCc4nc(N)nc(N)n4)nnc23)c(C)c1. The highest BCUT2D eigenvalue weighted by atomic mass is 32.2. The molecular weight excluding hydrogens is 426 g/mol. The zero-order valence-electron chi connectivity index (χ0n) is 17.4. The number of thioether (sulfide) groups is 1. The number of aromatic nitrogens is 7. The van der Waals surface area contributed by atoms with Crippen molar-refractivity contribution in [2.75, 3.05) is 11.5 Å². The Hall–Kier alpha value is -3.99. The van der Waals surface area contributed by atoms with Crippen molar-refractivity contribution in [2.24, 2.45) is 0 Å². The number of hydrogen-bond donors (Lipinski definition) is 2. The Bertz CT molecular complexity index is 1540. The Labute approximate surface area is 186 Å². The molecule has 10 nitrogen and oxygen atoms in total. The maximum atomic E-state index is 13.5. The molecule has 32 heavy (non-hydrogen) atoms. The van der Waals surface area contributed by atoms with Gasteiger partial charge in [0, 0.05) is 0 Å². The third-order valence-corrected chi connectivity index (χ3v) is 5.96. The van der Waals surface area contributed by atoms with Crippen molar-refractivity contribution >= 4 is 40.3 Å². The summed E-state index contributed by atoms with van der Waals surface area (Å²) in [4.78, 5) is 25.5. The number of anilines is 2. The van der Waals surface area contributed by atoms with Crippen LogP contribution in [0.5, 0.6) is 0 Å². The molecule has 160 valence electrons. The van der Waals surface area contributed by atoms with E-state index in [2.05, 4.69) is 25.1 Å². The zero-order valence-corrected chi connectivity index (χ0v) is 18.2. The first-order valence-electron chi connectivity index (χ1n) is 9.77. The number of fused-ring (bicyclic) bond motifs is 3. The zero-order chi connectivity index (χ0) is 22.4. The minimum Gasteiger partial charge on any atom is -0.368 e. The van der Waals surface area contributed by atoms with E-state index in [9.17, 15) is 4.79 Å². The molecule has 0 bridgehead atoms. The molecule has 0 radical (unpaired) electrons. The summed E-state index contributed by atoms with van der Waals surface area (Å²) < 4.78 is 3.47. The highest BCUT2D eigenvalue weighted by Crippen LogP contribution is 2.26. The van der Waals surface area contributed by atoms with Crippen LogP contribution < -0.4 is 17.0 Å². The number of rotatable bonds is 4. The summed E-state index contributed by atoms with van der Waals surface area (Å²) >= 11 is 1.37. The lowest BCUT2D eigenvalue weighted by molar-refractivity contribution is 0.922. The quantitative estimate of drug-likeness (QED) is 0.398. The van der Waals surface area contributed by atoms with Crippen molar-refractivity contribution < 1.29 is 0 Å². The number of nitrogens with two attached hydrogens (primary N) is 2. The normalized spacial score (nSPS) is 11.4. The van der Waals surface area contributed by atoms with E-state index < -0.39 is 0 Å². The fourth-order valence-electron chi connectivity index (χ4n) is 3.70. The molecule has 0 saturated carbocycles. The van der Waals surface area contributed by atoms with Crippen LogP contribution in [0.3, 0.4) is 0 Å². The molecule has 0 aliphatic carbocycles. The van der Waals surface area contributed by atoms with Crippen LogP contribution in [-0.4, -0.2) is 34.1 Å². The maximum absolute atomic E-state index is 13.5. The predicted molar refractivity (Wildman–Crippen MR) is 124 cm³/mol. The monoisotopic (exact) mass is 445 g/mol. The van der Waals surface area contributed by atoms with Crippen molar-refractivity contribution in [3.8, 4) is 5.69 Å². The fourth-order valence-corrected chi connectivity index (χ4v) is 4.49. The lowest BCUT2D eigenvalue weighted by Crippen LogP contribution is -2.22. The van der Waals surface area contributed by atoms with Crippen LogP contribution in [0.15, 0.2) is 52.4 Å². The average Bonchev–Trinajstić information content (AvgIpc) is 3.17. The Morgan fingerprint density at radius 2 is 1.72 bits per heavy atom. The van der Waals surface area contributed by atoms with E-state index in [0.717, 1.165) is 22.3 Å². The molecule has 0 aliphatic heterocycles. The number of benzene rings is 2. The molecule has 0 spiro atoms. The molecule has 5 rings (SSSR count). The standard InChI is InChI=1S/C21H19N9OS/c1-11-7-8-14(12(2)9-11)29-17(31)13-5-3-4-6-15(13)30-20(29)27-28-21(30)32-10-16-24-18(22)26-19(23)25-16/h3-9H,10H2,1-2H3,(H4,22,23,24,25,26). The summed E-state index contributed by atoms with van der Waals surface area (Å²) in [5, 5.41) is 9.89. The van der Waals surface area contributed by atoms with Crippen LogP contribution in [0.25, 0.3) is 22.4 Å². The van der Waals surface area contributed by atoms with Gasteiger partial charge in [0.05, 0.1) is 22.3 Å². The Morgan fingerprint density at radius 1 is 0.969 bits per heavy atom. The van der Waals surface area contributed by atoms with Gasteiger partial charge in [0.15, 0.2) is 5.16 Å². The summed E-state index contributed by atoms with van der Waals surface area (Å²) in [6.45, 7) is 3.99. The number of para-hydroxylation sites is 1. The van der Waals surface area contributed by atoms with Crippen molar-refractivity contribution in [2.45, 2.75) is 24.8 Å². The number of nitrogens with zero attached hydrogens (tertiary/aromatic N) is 7. The van der Waals surface area contributed by atoms with Crippen molar-refractivity contribution in [3.63, 3.8) is 0 Å². The second-order valence-corrected chi connectivity index (χ2v) is 8.26. The van der Waals surface area contributed by atoms with E-state index in [-0.39, 0.29) is 17.5 Å². The minimum atomic E-state index is -0.151. The van der Waals surface area contributed by atoms with Gasteiger partial charge in [-0.05, 0) is 37.6 Å². The fraction of sp³-hybridized carbons (Fsp3) is 0.143. The highest BCUT2D eigenvalue weighted by Gasteiger charge is 2.19. The van der Waals surface area contributed by atoms with Gasteiger partial charge in [-0.3, -0.25) is 9.20 Å². The highest BCUT2D eigenvalue weighted by molar-refractivity contribution is 7.98. The molecule has 0 saturated heterocycles.